The SMILES string of the molecule is CCC(N)Cc1cccc(-c2ccc(C(=O)OC)cc2)n1.Cl. The number of pyridine rings is 1. The predicted octanol–water partition coefficient (Wildman–Crippen LogP) is 3.24. The Morgan fingerprint density at radius 1 is 1.23 bits per heavy atom. The maximum absolute atomic E-state index is 11.4. The largest absolute Gasteiger partial charge is 0.465 e. The number of nitrogens with two attached hydrogens (primary N) is 1. The smallest absolute Gasteiger partial charge is 0.337 e. The number of hydrogen-bond acceptors (Lipinski definition) is 4. The fourth-order valence-electron chi connectivity index (χ4n) is 2.06. The first-order chi connectivity index (χ1) is 10.1. The van der Waals surface area contributed by atoms with E-state index in [4.69, 9.17) is 5.73 Å². The molecule has 2 rings (SSSR count). The Morgan fingerprint density at radius 2 is 1.91 bits per heavy atom. The van der Waals surface area contributed by atoms with Gasteiger partial charge in [-0.25, -0.2) is 4.79 Å². The number of rotatable bonds is 5. The van der Waals surface area contributed by atoms with Gasteiger partial charge in [-0.3, -0.25) is 4.98 Å². The minimum atomic E-state index is -0.336. The molecule has 5 heteroatoms. The summed E-state index contributed by atoms with van der Waals surface area (Å²) in [5, 5.41) is 0. The van der Waals surface area contributed by atoms with Crippen LogP contribution in [0.3, 0.4) is 0 Å². The molecule has 22 heavy (non-hydrogen) atoms. The Morgan fingerprint density at radius 3 is 2.50 bits per heavy atom. The minimum absolute atomic E-state index is 0. The van der Waals surface area contributed by atoms with Gasteiger partial charge in [-0.15, -0.1) is 12.4 Å². The molecule has 1 unspecified atom stereocenters. The molecular weight excluding hydrogens is 300 g/mol. The molecule has 2 aromatic rings. The van der Waals surface area contributed by atoms with E-state index in [-0.39, 0.29) is 24.4 Å². The Balaban J connectivity index is 0.00000242. The van der Waals surface area contributed by atoms with Gasteiger partial charge in [-0.1, -0.05) is 25.1 Å². The topological polar surface area (TPSA) is 65.2 Å². The van der Waals surface area contributed by atoms with Gasteiger partial charge in [-0.2, -0.15) is 0 Å². The second kappa shape index (κ2) is 8.51. The maximum atomic E-state index is 11.4. The van der Waals surface area contributed by atoms with Gasteiger partial charge in [0.25, 0.3) is 0 Å². The van der Waals surface area contributed by atoms with Gasteiger partial charge in [0.1, 0.15) is 0 Å². The second-order valence-electron chi connectivity index (χ2n) is 4.96. The predicted molar refractivity (Wildman–Crippen MR) is 90.2 cm³/mol. The van der Waals surface area contributed by atoms with Crippen molar-refractivity contribution in [2.45, 2.75) is 25.8 Å². The highest BCUT2D eigenvalue weighted by Crippen LogP contribution is 2.19. The fraction of sp³-hybridized carbons (Fsp3) is 0.294. The third kappa shape index (κ3) is 4.55. The maximum Gasteiger partial charge on any atom is 0.337 e. The van der Waals surface area contributed by atoms with Crippen LogP contribution in [-0.2, 0) is 11.2 Å². The Bertz CT molecular complexity index is 614. The molecule has 0 aliphatic heterocycles. The van der Waals surface area contributed by atoms with Crippen LogP contribution < -0.4 is 5.73 Å². The molecule has 1 heterocycles. The minimum Gasteiger partial charge on any atom is -0.465 e. The Hall–Kier alpha value is -1.91. The molecular formula is C17H21ClN2O2. The number of hydrogen-bond donors (Lipinski definition) is 1. The lowest BCUT2D eigenvalue weighted by atomic mass is 10.1. The van der Waals surface area contributed by atoms with E-state index in [1.54, 1.807) is 12.1 Å². The number of ether oxygens (including phenoxy) is 1. The molecule has 1 aromatic carbocycles. The molecule has 0 amide bonds. The lowest BCUT2D eigenvalue weighted by Gasteiger charge is -2.09. The van der Waals surface area contributed by atoms with Crippen LogP contribution in [0.5, 0.6) is 0 Å². The third-order valence-corrected chi connectivity index (χ3v) is 3.40. The molecule has 118 valence electrons. The molecule has 2 N–H and O–H groups in total. The van der Waals surface area contributed by atoms with Gasteiger partial charge in [0.2, 0.25) is 0 Å². The zero-order chi connectivity index (χ0) is 15.2. The Labute approximate surface area is 137 Å². The lowest BCUT2D eigenvalue weighted by Crippen LogP contribution is -2.21. The molecule has 4 nitrogen and oxygen atoms in total. The highest BCUT2D eigenvalue weighted by Gasteiger charge is 2.07. The summed E-state index contributed by atoms with van der Waals surface area (Å²) < 4.78 is 4.69. The molecule has 0 aliphatic rings. The number of halogens is 1. The quantitative estimate of drug-likeness (QED) is 0.859. The van der Waals surface area contributed by atoms with E-state index >= 15 is 0 Å². The van der Waals surface area contributed by atoms with Crippen LogP contribution in [-0.4, -0.2) is 24.1 Å². The zero-order valence-electron chi connectivity index (χ0n) is 12.8. The van der Waals surface area contributed by atoms with Crippen LogP contribution in [0.1, 0.15) is 29.4 Å². The first kappa shape index (κ1) is 18.1. The van der Waals surface area contributed by atoms with Gasteiger partial charge >= 0.3 is 5.97 Å². The molecule has 0 spiro atoms. The van der Waals surface area contributed by atoms with Gasteiger partial charge in [0.15, 0.2) is 0 Å². The Kier molecular flexibility index (Phi) is 7.02. The van der Waals surface area contributed by atoms with Gasteiger partial charge < -0.3 is 10.5 Å². The van der Waals surface area contributed by atoms with Crippen molar-refractivity contribution in [3.05, 3.63) is 53.7 Å². The summed E-state index contributed by atoms with van der Waals surface area (Å²) in [4.78, 5) is 16.0. The van der Waals surface area contributed by atoms with Crippen LogP contribution in [0.4, 0.5) is 0 Å². The monoisotopic (exact) mass is 320 g/mol. The molecule has 0 aliphatic carbocycles. The zero-order valence-corrected chi connectivity index (χ0v) is 13.6. The number of carbonyl (C=O) groups excluding carboxylic acids is 1. The van der Waals surface area contributed by atoms with E-state index in [1.807, 2.05) is 30.3 Å². The summed E-state index contributed by atoms with van der Waals surface area (Å²) in [6.07, 6.45) is 1.70. The number of carbonyl (C=O) groups is 1. The van der Waals surface area contributed by atoms with E-state index in [1.165, 1.54) is 7.11 Å². The van der Waals surface area contributed by atoms with Crippen molar-refractivity contribution in [2.24, 2.45) is 5.73 Å². The number of benzene rings is 1. The number of esters is 1. The summed E-state index contributed by atoms with van der Waals surface area (Å²) in [7, 11) is 1.37. The van der Waals surface area contributed by atoms with Crippen molar-refractivity contribution in [3.63, 3.8) is 0 Å². The number of aromatic nitrogens is 1. The fourth-order valence-corrected chi connectivity index (χ4v) is 2.06. The van der Waals surface area contributed by atoms with E-state index in [0.717, 1.165) is 29.8 Å². The standard InChI is InChI=1S/C17H20N2O2.ClH/c1-3-14(18)11-15-5-4-6-16(19-15)12-7-9-13(10-8-12)17(20)21-2;/h4-10,14H,3,11,18H2,1-2H3;1H. The van der Waals surface area contributed by atoms with Crippen molar-refractivity contribution >= 4 is 18.4 Å². The summed E-state index contributed by atoms with van der Waals surface area (Å²) in [6.45, 7) is 2.07. The van der Waals surface area contributed by atoms with Crippen molar-refractivity contribution in [2.75, 3.05) is 7.11 Å². The molecule has 0 radical (unpaired) electrons. The van der Waals surface area contributed by atoms with Gasteiger partial charge in [0, 0.05) is 23.7 Å². The van der Waals surface area contributed by atoms with Crippen molar-refractivity contribution in [1.29, 1.82) is 0 Å². The molecule has 0 bridgehead atoms. The first-order valence-electron chi connectivity index (χ1n) is 7.04. The van der Waals surface area contributed by atoms with Gasteiger partial charge in [-0.05, 0) is 30.7 Å². The third-order valence-electron chi connectivity index (χ3n) is 3.40. The summed E-state index contributed by atoms with van der Waals surface area (Å²) >= 11 is 0. The van der Waals surface area contributed by atoms with Crippen LogP contribution >= 0.6 is 12.4 Å². The normalized spacial score (nSPS) is 11.4. The molecule has 0 saturated heterocycles. The van der Waals surface area contributed by atoms with Crippen molar-refractivity contribution < 1.29 is 9.53 Å². The highest BCUT2D eigenvalue weighted by atomic mass is 35.5. The van der Waals surface area contributed by atoms with Gasteiger partial charge in [0.05, 0.1) is 18.4 Å². The van der Waals surface area contributed by atoms with E-state index in [2.05, 4.69) is 16.6 Å². The van der Waals surface area contributed by atoms with Crippen LogP contribution in [0.25, 0.3) is 11.3 Å². The van der Waals surface area contributed by atoms with Crippen LogP contribution in [0.15, 0.2) is 42.5 Å². The lowest BCUT2D eigenvalue weighted by molar-refractivity contribution is 0.0601. The molecule has 1 aromatic heterocycles. The van der Waals surface area contributed by atoms with Crippen molar-refractivity contribution in [1.82, 2.24) is 4.98 Å². The van der Waals surface area contributed by atoms with E-state index < -0.39 is 0 Å². The number of methoxy groups -OCH3 is 1. The molecule has 0 saturated carbocycles. The average Bonchev–Trinajstić information content (AvgIpc) is 2.54. The number of nitrogens with zero attached hydrogens (tertiary/aromatic N) is 1. The van der Waals surface area contributed by atoms with E-state index in [0.29, 0.717) is 5.56 Å². The summed E-state index contributed by atoms with van der Waals surface area (Å²) in [5.74, 6) is -0.336. The van der Waals surface area contributed by atoms with E-state index in [9.17, 15) is 4.79 Å². The van der Waals surface area contributed by atoms with Crippen LogP contribution in [0.2, 0.25) is 0 Å². The van der Waals surface area contributed by atoms with Crippen molar-refractivity contribution in [3.8, 4) is 11.3 Å². The molecule has 1 atom stereocenters. The summed E-state index contributed by atoms with van der Waals surface area (Å²) in [5.41, 5.74) is 9.34. The second-order valence-corrected chi connectivity index (χ2v) is 4.96. The highest BCUT2D eigenvalue weighted by molar-refractivity contribution is 5.89. The summed E-state index contributed by atoms with van der Waals surface area (Å²) in [6, 6.07) is 13.3. The van der Waals surface area contributed by atoms with Crippen LogP contribution in [0, 0.1) is 0 Å². The first-order valence-corrected chi connectivity index (χ1v) is 7.04. The average molecular weight is 321 g/mol. The molecule has 0 fully saturated rings.